The third-order valence-corrected chi connectivity index (χ3v) is 3.34. The van der Waals surface area contributed by atoms with Crippen LogP contribution in [0.1, 0.15) is 38.5 Å². The molecule has 3 nitrogen and oxygen atoms in total. The summed E-state index contributed by atoms with van der Waals surface area (Å²) in [5.41, 5.74) is 6.19. The van der Waals surface area contributed by atoms with Crippen LogP contribution in [0.2, 0.25) is 0 Å². The molecule has 2 fully saturated rings. The van der Waals surface area contributed by atoms with Gasteiger partial charge in [0.15, 0.2) is 0 Å². The molecule has 3 heteroatoms. The van der Waals surface area contributed by atoms with Gasteiger partial charge in [0.25, 0.3) is 0 Å². The lowest BCUT2D eigenvalue weighted by Gasteiger charge is -2.33. The Morgan fingerprint density at radius 1 is 1.29 bits per heavy atom. The lowest BCUT2D eigenvalue weighted by Crippen LogP contribution is -2.47. The molecule has 2 saturated heterocycles. The molecule has 0 aromatic carbocycles. The highest BCUT2D eigenvalue weighted by atomic mass is 16.5. The minimum absolute atomic E-state index is 0.0653. The van der Waals surface area contributed by atoms with Gasteiger partial charge in [-0.3, -0.25) is 0 Å². The molecule has 82 valence electrons. The van der Waals surface area contributed by atoms with E-state index in [1.165, 1.54) is 12.8 Å². The van der Waals surface area contributed by atoms with Gasteiger partial charge < -0.3 is 15.2 Å². The van der Waals surface area contributed by atoms with Crippen molar-refractivity contribution in [2.45, 2.75) is 50.2 Å². The fourth-order valence-corrected chi connectivity index (χ4v) is 2.39. The van der Waals surface area contributed by atoms with Crippen molar-refractivity contribution >= 4 is 0 Å². The molecule has 0 saturated carbocycles. The standard InChI is InChI=1S/C11H21NO2/c12-11(5-2-7-13-9-11)6-4-10-3-1-8-14-10/h10H,1-9,12H2. The molecule has 0 bridgehead atoms. The maximum atomic E-state index is 6.26. The van der Waals surface area contributed by atoms with Crippen molar-refractivity contribution in [2.24, 2.45) is 5.73 Å². The van der Waals surface area contributed by atoms with Crippen LogP contribution in [0.25, 0.3) is 0 Å². The summed E-state index contributed by atoms with van der Waals surface area (Å²) in [7, 11) is 0. The summed E-state index contributed by atoms with van der Waals surface area (Å²) in [5.74, 6) is 0. The van der Waals surface area contributed by atoms with Crippen molar-refractivity contribution in [3.63, 3.8) is 0 Å². The first-order chi connectivity index (χ1) is 6.79. The second-order valence-corrected chi connectivity index (χ2v) is 4.69. The highest BCUT2D eigenvalue weighted by molar-refractivity contribution is 4.87. The molecule has 0 radical (unpaired) electrons. The van der Waals surface area contributed by atoms with Crippen molar-refractivity contribution < 1.29 is 9.47 Å². The van der Waals surface area contributed by atoms with E-state index in [-0.39, 0.29) is 5.54 Å². The predicted octanol–water partition coefficient (Wildman–Crippen LogP) is 1.45. The molecule has 0 spiro atoms. The smallest absolute Gasteiger partial charge is 0.0646 e. The molecule has 14 heavy (non-hydrogen) atoms. The Kier molecular flexibility index (Phi) is 3.42. The zero-order valence-corrected chi connectivity index (χ0v) is 8.84. The molecule has 2 aliphatic heterocycles. The molecule has 2 rings (SSSR count). The average Bonchev–Trinajstić information content (AvgIpc) is 2.69. The van der Waals surface area contributed by atoms with Crippen molar-refractivity contribution in [3.05, 3.63) is 0 Å². The first-order valence-electron chi connectivity index (χ1n) is 5.77. The van der Waals surface area contributed by atoms with Gasteiger partial charge in [-0.15, -0.1) is 0 Å². The van der Waals surface area contributed by atoms with E-state index >= 15 is 0 Å². The lowest BCUT2D eigenvalue weighted by atomic mass is 9.87. The van der Waals surface area contributed by atoms with E-state index in [0.717, 1.165) is 45.5 Å². The highest BCUT2D eigenvalue weighted by Gasteiger charge is 2.29. The summed E-state index contributed by atoms with van der Waals surface area (Å²) in [4.78, 5) is 0. The summed E-state index contributed by atoms with van der Waals surface area (Å²) in [5, 5.41) is 0. The van der Waals surface area contributed by atoms with Gasteiger partial charge in [-0.2, -0.15) is 0 Å². The van der Waals surface area contributed by atoms with E-state index in [4.69, 9.17) is 15.2 Å². The third-order valence-electron chi connectivity index (χ3n) is 3.34. The van der Waals surface area contributed by atoms with Crippen molar-refractivity contribution in [1.82, 2.24) is 0 Å². The van der Waals surface area contributed by atoms with Crippen LogP contribution in [0.15, 0.2) is 0 Å². The summed E-state index contributed by atoms with van der Waals surface area (Å²) >= 11 is 0. The Hall–Kier alpha value is -0.120. The summed E-state index contributed by atoms with van der Waals surface area (Å²) in [6.45, 7) is 2.57. The highest BCUT2D eigenvalue weighted by Crippen LogP contribution is 2.25. The molecular formula is C11H21NO2. The first-order valence-corrected chi connectivity index (χ1v) is 5.77. The molecule has 2 aliphatic rings. The monoisotopic (exact) mass is 199 g/mol. The molecule has 0 amide bonds. The SMILES string of the molecule is NC1(CCC2CCCO2)CCCOC1. The molecule has 0 aliphatic carbocycles. The van der Waals surface area contributed by atoms with Crippen molar-refractivity contribution in [2.75, 3.05) is 19.8 Å². The largest absolute Gasteiger partial charge is 0.380 e. The second-order valence-electron chi connectivity index (χ2n) is 4.69. The summed E-state index contributed by atoms with van der Waals surface area (Å²) < 4.78 is 11.0. The Morgan fingerprint density at radius 2 is 2.21 bits per heavy atom. The number of rotatable bonds is 3. The maximum Gasteiger partial charge on any atom is 0.0646 e. The van der Waals surface area contributed by atoms with E-state index in [0.29, 0.717) is 6.10 Å². The van der Waals surface area contributed by atoms with Crippen LogP contribution < -0.4 is 5.73 Å². The quantitative estimate of drug-likeness (QED) is 0.748. The second kappa shape index (κ2) is 4.60. The molecular weight excluding hydrogens is 178 g/mol. The van der Waals surface area contributed by atoms with Crippen LogP contribution in [0.5, 0.6) is 0 Å². The Balaban J connectivity index is 1.72. The zero-order valence-electron chi connectivity index (χ0n) is 8.84. The fourth-order valence-electron chi connectivity index (χ4n) is 2.39. The maximum absolute atomic E-state index is 6.26. The first kappa shape index (κ1) is 10.4. The van der Waals surface area contributed by atoms with Crippen LogP contribution in [0.4, 0.5) is 0 Å². The molecule has 2 N–H and O–H groups in total. The molecule has 2 atom stereocenters. The number of nitrogens with two attached hydrogens (primary N) is 1. The van der Waals surface area contributed by atoms with E-state index in [9.17, 15) is 0 Å². The van der Waals surface area contributed by atoms with E-state index < -0.39 is 0 Å². The van der Waals surface area contributed by atoms with Crippen LogP contribution in [0.3, 0.4) is 0 Å². The number of hydrogen-bond acceptors (Lipinski definition) is 3. The van der Waals surface area contributed by atoms with Crippen LogP contribution in [0, 0.1) is 0 Å². The van der Waals surface area contributed by atoms with Crippen molar-refractivity contribution in [3.8, 4) is 0 Å². The van der Waals surface area contributed by atoms with Crippen LogP contribution in [-0.4, -0.2) is 31.5 Å². The van der Waals surface area contributed by atoms with Gasteiger partial charge in [-0.05, 0) is 38.5 Å². The number of hydrogen-bond donors (Lipinski definition) is 1. The summed E-state index contributed by atoms with van der Waals surface area (Å²) in [6, 6.07) is 0. The normalized spacial score (nSPS) is 38.8. The Labute approximate surface area is 85.9 Å². The topological polar surface area (TPSA) is 44.5 Å². The molecule has 0 aromatic rings. The van der Waals surface area contributed by atoms with E-state index in [1.54, 1.807) is 0 Å². The van der Waals surface area contributed by atoms with Gasteiger partial charge in [0.2, 0.25) is 0 Å². The number of ether oxygens (including phenoxy) is 2. The molecule has 2 unspecified atom stereocenters. The van der Waals surface area contributed by atoms with Gasteiger partial charge in [0, 0.05) is 18.8 Å². The molecule has 0 aromatic heterocycles. The zero-order chi connectivity index (χ0) is 9.86. The summed E-state index contributed by atoms with van der Waals surface area (Å²) in [6.07, 6.45) is 7.30. The third kappa shape index (κ3) is 2.69. The van der Waals surface area contributed by atoms with Gasteiger partial charge >= 0.3 is 0 Å². The predicted molar refractivity (Wildman–Crippen MR) is 55.2 cm³/mol. The van der Waals surface area contributed by atoms with Gasteiger partial charge in [-0.1, -0.05) is 0 Å². The van der Waals surface area contributed by atoms with Crippen LogP contribution >= 0.6 is 0 Å². The average molecular weight is 199 g/mol. The Bertz CT molecular complexity index is 172. The van der Waals surface area contributed by atoms with E-state index in [2.05, 4.69) is 0 Å². The fraction of sp³-hybridized carbons (Fsp3) is 1.00. The van der Waals surface area contributed by atoms with Crippen molar-refractivity contribution in [1.29, 1.82) is 0 Å². The Morgan fingerprint density at radius 3 is 2.86 bits per heavy atom. The minimum Gasteiger partial charge on any atom is -0.380 e. The molecule has 2 heterocycles. The van der Waals surface area contributed by atoms with Gasteiger partial charge in [0.1, 0.15) is 0 Å². The lowest BCUT2D eigenvalue weighted by molar-refractivity contribution is 0.0238. The van der Waals surface area contributed by atoms with Gasteiger partial charge in [-0.25, -0.2) is 0 Å². The minimum atomic E-state index is -0.0653. The van der Waals surface area contributed by atoms with Crippen LogP contribution in [-0.2, 0) is 9.47 Å². The van der Waals surface area contributed by atoms with E-state index in [1.807, 2.05) is 0 Å². The van der Waals surface area contributed by atoms with Gasteiger partial charge in [0.05, 0.1) is 12.7 Å².